The molecular weight excluding hydrogens is 496 g/mol. The Morgan fingerprint density at radius 2 is 0.633 bits per heavy atom. The van der Waals surface area contributed by atoms with Gasteiger partial charge in [0.1, 0.15) is 0 Å². The van der Waals surface area contributed by atoms with Gasteiger partial charge in [0.2, 0.25) is 0 Å². The number of hydrogen-bond donors (Lipinski definition) is 0. The normalized spacial score (nSPS) is 16.5. The fourth-order valence-electron chi connectivity index (χ4n) is 5.44. The van der Waals surface area contributed by atoms with Gasteiger partial charge in [0.25, 0.3) is 0 Å². The van der Waals surface area contributed by atoms with Crippen LogP contribution in [0.25, 0.3) is 22.3 Å². The van der Waals surface area contributed by atoms with E-state index in [0.717, 1.165) is 0 Å². The predicted octanol–water partition coefficient (Wildman–Crippen LogP) is 8.14. The highest BCUT2D eigenvalue weighted by molar-refractivity contribution is 9.12. The molecule has 146 valence electrons. The second-order valence-electron chi connectivity index (χ2n) is 8.19. The number of rotatable bonds is 3. The molecule has 0 aromatic heterocycles. The van der Waals surface area contributed by atoms with Crippen LogP contribution < -0.4 is 0 Å². The van der Waals surface area contributed by atoms with E-state index in [9.17, 15) is 0 Å². The predicted molar refractivity (Wildman–Crippen MR) is 133 cm³/mol. The molecule has 0 bridgehead atoms. The summed E-state index contributed by atoms with van der Waals surface area (Å²) in [4.78, 5) is 0.512. The molecular formula is C28H20Br2. The molecule has 0 N–H and O–H groups in total. The van der Waals surface area contributed by atoms with E-state index in [1.807, 2.05) is 0 Å². The van der Waals surface area contributed by atoms with Crippen molar-refractivity contribution in [2.75, 3.05) is 0 Å². The third-order valence-corrected chi connectivity index (χ3v) is 9.61. The van der Waals surface area contributed by atoms with Crippen LogP contribution in [0.2, 0.25) is 0 Å². The summed E-state index contributed by atoms with van der Waals surface area (Å²) in [6, 6.07) is 35.5. The van der Waals surface area contributed by atoms with Crippen LogP contribution in [-0.2, 0) is 0 Å². The first-order valence-corrected chi connectivity index (χ1v) is 12.2. The maximum atomic E-state index is 4.18. The lowest BCUT2D eigenvalue weighted by Crippen LogP contribution is -2.27. The van der Waals surface area contributed by atoms with Crippen LogP contribution in [0, 0.1) is 0 Å². The van der Waals surface area contributed by atoms with Gasteiger partial charge in [-0.3, -0.25) is 0 Å². The lowest BCUT2D eigenvalue weighted by atomic mass is 9.85. The van der Waals surface area contributed by atoms with Gasteiger partial charge in [-0.2, -0.15) is 0 Å². The number of fused-ring (bicyclic) bond motifs is 6. The van der Waals surface area contributed by atoms with E-state index in [4.69, 9.17) is 0 Å². The fourth-order valence-corrected chi connectivity index (χ4v) is 7.19. The molecule has 2 heteroatoms. The minimum Gasteiger partial charge on any atom is -0.0868 e. The average Bonchev–Trinajstić information content (AvgIpc) is 3.31. The molecule has 2 atom stereocenters. The zero-order valence-electron chi connectivity index (χ0n) is 16.3. The van der Waals surface area contributed by atoms with Crippen molar-refractivity contribution in [1.82, 2.24) is 0 Å². The Morgan fingerprint density at radius 3 is 0.900 bits per heavy atom. The van der Waals surface area contributed by atoms with Crippen LogP contribution in [0.3, 0.4) is 0 Å². The van der Waals surface area contributed by atoms with E-state index < -0.39 is 0 Å². The molecule has 4 aromatic rings. The van der Waals surface area contributed by atoms with Gasteiger partial charge < -0.3 is 0 Å². The molecule has 0 fully saturated rings. The SMILES string of the molecule is BrC(C1c2ccccc2-c2ccccc21)C(Br)C1c2ccccc2-c2ccccc21. The Hall–Kier alpha value is -2.16. The molecule has 0 saturated heterocycles. The largest absolute Gasteiger partial charge is 0.0868 e. The van der Waals surface area contributed by atoms with Gasteiger partial charge in [-0.05, 0) is 44.5 Å². The summed E-state index contributed by atoms with van der Waals surface area (Å²) in [5, 5.41) is 0. The van der Waals surface area contributed by atoms with Gasteiger partial charge >= 0.3 is 0 Å². The van der Waals surface area contributed by atoms with Crippen LogP contribution in [0.15, 0.2) is 97.1 Å². The first-order chi connectivity index (χ1) is 14.8. The van der Waals surface area contributed by atoms with E-state index >= 15 is 0 Å². The van der Waals surface area contributed by atoms with Crippen LogP contribution in [0.5, 0.6) is 0 Å². The van der Waals surface area contributed by atoms with Crippen molar-refractivity contribution in [2.24, 2.45) is 0 Å². The van der Waals surface area contributed by atoms with Crippen LogP contribution >= 0.6 is 31.9 Å². The fraction of sp³-hybridized carbons (Fsp3) is 0.143. The van der Waals surface area contributed by atoms with Crippen molar-refractivity contribution < 1.29 is 0 Å². The molecule has 6 rings (SSSR count). The Labute approximate surface area is 194 Å². The molecule has 0 saturated carbocycles. The summed E-state index contributed by atoms with van der Waals surface area (Å²) >= 11 is 8.35. The van der Waals surface area contributed by atoms with E-state index in [1.165, 1.54) is 44.5 Å². The number of benzene rings is 4. The van der Waals surface area contributed by atoms with Gasteiger partial charge in [-0.15, -0.1) is 0 Å². The van der Waals surface area contributed by atoms with Gasteiger partial charge in [-0.25, -0.2) is 0 Å². The van der Waals surface area contributed by atoms with Gasteiger partial charge in [0, 0.05) is 21.5 Å². The van der Waals surface area contributed by atoms with Crippen molar-refractivity contribution in [1.29, 1.82) is 0 Å². The highest BCUT2D eigenvalue weighted by Crippen LogP contribution is 2.54. The molecule has 0 heterocycles. The smallest absolute Gasteiger partial charge is 0.0389 e. The number of alkyl halides is 2. The molecule has 2 aliphatic carbocycles. The molecule has 0 amide bonds. The Kier molecular flexibility index (Phi) is 4.47. The maximum Gasteiger partial charge on any atom is 0.0389 e. The summed E-state index contributed by atoms with van der Waals surface area (Å²) < 4.78 is 0. The van der Waals surface area contributed by atoms with E-state index in [0.29, 0.717) is 11.8 Å². The second kappa shape index (κ2) is 7.21. The first kappa shape index (κ1) is 18.6. The summed E-state index contributed by atoms with van der Waals surface area (Å²) in [5.74, 6) is 0.642. The minimum absolute atomic E-state index is 0.256. The Morgan fingerprint density at radius 1 is 0.400 bits per heavy atom. The standard InChI is InChI=1S/C28H20Br2/c29-27(25-21-13-5-1-9-17(21)18-10-2-6-14-22(18)25)28(30)26-23-15-7-3-11-19(23)20-12-4-8-16-24(20)26/h1-16,25-28H. The monoisotopic (exact) mass is 514 g/mol. The van der Waals surface area contributed by atoms with E-state index in [-0.39, 0.29) is 9.65 Å². The third kappa shape index (κ3) is 2.63. The first-order valence-electron chi connectivity index (χ1n) is 10.4. The minimum atomic E-state index is 0.256. The lowest BCUT2D eigenvalue weighted by Gasteiger charge is -2.30. The van der Waals surface area contributed by atoms with Gasteiger partial charge in [-0.1, -0.05) is 129 Å². The summed E-state index contributed by atoms with van der Waals surface area (Å²) in [5.41, 5.74) is 11.2. The summed E-state index contributed by atoms with van der Waals surface area (Å²) in [6.07, 6.45) is 0. The summed E-state index contributed by atoms with van der Waals surface area (Å²) in [7, 11) is 0. The molecule has 0 radical (unpaired) electrons. The molecule has 2 unspecified atom stereocenters. The topological polar surface area (TPSA) is 0 Å². The Balaban J connectivity index is 1.47. The summed E-state index contributed by atoms with van der Waals surface area (Å²) in [6.45, 7) is 0. The van der Waals surface area contributed by atoms with Crippen molar-refractivity contribution in [3.05, 3.63) is 119 Å². The molecule has 30 heavy (non-hydrogen) atoms. The number of halogens is 2. The molecule has 4 aromatic carbocycles. The van der Waals surface area contributed by atoms with Gasteiger partial charge in [0.05, 0.1) is 0 Å². The maximum absolute atomic E-state index is 4.18. The lowest BCUT2D eigenvalue weighted by molar-refractivity contribution is 0.675. The van der Waals surface area contributed by atoms with E-state index in [1.54, 1.807) is 0 Å². The second-order valence-corrected chi connectivity index (χ2v) is 10.3. The number of hydrogen-bond acceptors (Lipinski definition) is 0. The zero-order chi connectivity index (χ0) is 20.2. The van der Waals surface area contributed by atoms with Gasteiger partial charge in [0.15, 0.2) is 0 Å². The van der Waals surface area contributed by atoms with E-state index in [2.05, 4.69) is 129 Å². The Bertz CT molecular complexity index is 1070. The quantitative estimate of drug-likeness (QED) is 0.241. The average molecular weight is 516 g/mol. The van der Waals surface area contributed by atoms with Crippen LogP contribution in [-0.4, -0.2) is 9.65 Å². The van der Waals surface area contributed by atoms with Crippen molar-refractivity contribution in [3.63, 3.8) is 0 Å². The van der Waals surface area contributed by atoms with Crippen molar-refractivity contribution in [2.45, 2.75) is 21.5 Å². The third-order valence-electron chi connectivity index (χ3n) is 6.70. The molecule has 0 spiro atoms. The molecule has 0 aliphatic heterocycles. The van der Waals surface area contributed by atoms with Crippen molar-refractivity contribution in [3.8, 4) is 22.3 Å². The van der Waals surface area contributed by atoms with Crippen LogP contribution in [0.4, 0.5) is 0 Å². The highest BCUT2D eigenvalue weighted by atomic mass is 79.9. The zero-order valence-corrected chi connectivity index (χ0v) is 19.5. The van der Waals surface area contributed by atoms with Crippen molar-refractivity contribution >= 4 is 31.9 Å². The van der Waals surface area contributed by atoms with Crippen LogP contribution in [0.1, 0.15) is 34.1 Å². The molecule has 0 nitrogen and oxygen atoms in total. The molecule has 2 aliphatic rings. The highest BCUT2D eigenvalue weighted by Gasteiger charge is 2.42.